The Hall–Kier alpha value is -1.98. The minimum Gasteiger partial charge on any atom is -0.350 e. The van der Waals surface area contributed by atoms with Gasteiger partial charge in [-0.05, 0) is 38.0 Å². The van der Waals surface area contributed by atoms with Crippen LogP contribution in [-0.4, -0.2) is 28.8 Å². The van der Waals surface area contributed by atoms with E-state index >= 15 is 0 Å². The Bertz CT molecular complexity index is 592. The standard InChI is InChI=1S/C16H20F2N2O2/c1-3-14(21)20-8-4-7-16(20,2)15(22)19-10-11-9-12(17)5-6-13(11)18/h5-6,9H,3-4,7-8,10H2,1-2H3,(H,19,22). The number of hydrogen-bond acceptors (Lipinski definition) is 2. The SMILES string of the molecule is CCC(=O)N1CCCC1(C)C(=O)NCc1cc(F)ccc1F. The van der Waals surface area contributed by atoms with Crippen molar-refractivity contribution in [3.63, 3.8) is 0 Å². The highest BCUT2D eigenvalue weighted by Crippen LogP contribution is 2.30. The lowest BCUT2D eigenvalue weighted by atomic mass is 9.97. The molecule has 6 heteroatoms. The first-order valence-corrected chi connectivity index (χ1v) is 7.41. The van der Waals surface area contributed by atoms with Crippen LogP contribution >= 0.6 is 0 Å². The fourth-order valence-electron chi connectivity index (χ4n) is 2.83. The monoisotopic (exact) mass is 310 g/mol. The van der Waals surface area contributed by atoms with Crippen LogP contribution in [0.1, 0.15) is 38.7 Å². The van der Waals surface area contributed by atoms with Gasteiger partial charge in [-0.3, -0.25) is 9.59 Å². The maximum atomic E-state index is 13.6. The number of benzene rings is 1. The molecular formula is C16H20F2N2O2. The van der Waals surface area contributed by atoms with E-state index in [9.17, 15) is 18.4 Å². The minimum absolute atomic E-state index is 0.0768. The van der Waals surface area contributed by atoms with Gasteiger partial charge in [0, 0.05) is 25.1 Å². The van der Waals surface area contributed by atoms with Crippen LogP contribution in [0.25, 0.3) is 0 Å². The van der Waals surface area contributed by atoms with E-state index in [-0.39, 0.29) is 23.9 Å². The maximum absolute atomic E-state index is 13.6. The molecule has 1 N–H and O–H groups in total. The highest BCUT2D eigenvalue weighted by Gasteiger charge is 2.44. The molecule has 1 unspecified atom stereocenters. The number of carbonyl (C=O) groups excluding carboxylic acids is 2. The molecule has 1 saturated heterocycles. The Balaban J connectivity index is 2.08. The lowest BCUT2D eigenvalue weighted by Gasteiger charge is -2.33. The van der Waals surface area contributed by atoms with Gasteiger partial charge in [-0.1, -0.05) is 6.92 Å². The Labute approximate surface area is 128 Å². The second kappa shape index (κ2) is 6.42. The van der Waals surface area contributed by atoms with E-state index in [0.717, 1.165) is 24.6 Å². The molecule has 0 spiro atoms. The number of rotatable bonds is 4. The molecule has 0 aliphatic carbocycles. The van der Waals surface area contributed by atoms with Gasteiger partial charge < -0.3 is 10.2 Å². The zero-order chi connectivity index (χ0) is 16.3. The number of carbonyl (C=O) groups is 2. The van der Waals surface area contributed by atoms with E-state index in [4.69, 9.17) is 0 Å². The maximum Gasteiger partial charge on any atom is 0.245 e. The number of hydrogen-bond donors (Lipinski definition) is 1. The summed E-state index contributed by atoms with van der Waals surface area (Å²) in [6.07, 6.45) is 1.65. The van der Waals surface area contributed by atoms with Crippen LogP contribution in [0.2, 0.25) is 0 Å². The van der Waals surface area contributed by atoms with E-state index in [0.29, 0.717) is 19.4 Å². The van der Waals surface area contributed by atoms with E-state index < -0.39 is 17.2 Å². The first-order valence-electron chi connectivity index (χ1n) is 7.41. The third kappa shape index (κ3) is 3.10. The van der Waals surface area contributed by atoms with Crippen molar-refractivity contribution >= 4 is 11.8 Å². The largest absolute Gasteiger partial charge is 0.350 e. The summed E-state index contributed by atoms with van der Waals surface area (Å²) in [6, 6.07) is 3.11. The second-order valence-electron chi connectivity index (χ2n) is 5.69. The summed E-state index contributed by atoms with van der Waals surface area (Å²) in [6.45, 7) is 3.91. The van der Waals surface area contributed by atoms with Gasteiger partial charge in [-0.2, -0.15) is 0 Å². The average Bonchev–Trinajstić information content (AvgIpc) is 2.90. The molecule has 2 rings (SSSR count). The molecule has 0 radical (unpaired) electrons. The third-order valence-corrected chi connectivity index (χ3v) is 4.18. The zero-order valence-electron chi connectivity index (χ0n) is 12.8. The smallest absolute Gasteiger partial charge is 0.245 e. The first-order chi connectivity index (χ1) is 10.4. The zero-order valence-corrected chi connectivity index (χ0v) is 12.8. The van der Waals surface area contributed by atoms with Gasteiger partial charge in [-0.15, -0.1) is 0 Å². The molecule has 1 heterocycles. The Kier molecular flexibility index (Phi) is 4.78. The molecule has 120 valence electrons. The van der Waals surface area contributed by atoms with Crippen molar-refractivity contribution in [3.05, 3.63) is 35.4 Å². The van der Waals surface area contributed by atoms with Gasteiger partial charge in [0.25, 0.3) is 0 Å². The van der Waals surface area contributed by atoms with Crippen LogP contribution in [0.5, 0.6) is 0 Å². The molecule has 1 fully saturated rings. The Morgan fingerprint density at radius 2 is 2.09 bits per heavy atom. The quantitative estimate of drug-likeness (QED) is 0.928. The molecule has 1 aliphatic rings. The van der Waals surface area contributed by atoms with E-state index in [2.05, 4.69) is 5.32 Å². The number of likely N-dealkylation sites (tertiary alicyclic amines) is 1. The number of nitrogens with zero attached hydrogens (tertiary/aromatic N) is 1. The van der Waals surface area contributed by atoms with Crippen LogP contribution in [0.3, 0.4) is 0 Å². The minimum atomic E-state index is -0.920. The highest BCUT2D eigenvalue weighted by atomic mass is 19.1. The lowest BCUT2D eigenvalue weighted by molar-refractivity contribution is -0.143. The van der Waals surface area contributed by atoms with Crippen molar-refractivity contribution in [3.8, 4) is 0 Å². The van der Waals surface area contributed by atoms with Gasteiger partial charge in [0.2, 0.25) is 11.8 Å². The number of nitrogens with one attached hydrogen (secondary N) is 1. The molecule has 22 heavy (non-hydrogen) atoms. The van der Waals surface area contributed by atoms with Crippen molar-refractivity contribution in [2.75, 3.05) is 6.54 Å². The number of amides is 2. The summed E-state index contributed by atoms with van der Waals surface area (Å²) in [7, 11) is 0. The van der Waals surface area contributed by atoms with Crippen LogP contribution in [0.4, 0.5) is 8.78 Å². The Morgan fingerprint density at radius 3 is 2.77 bits per heavy atom. The van der Waals surface area contributed by atoms with Crippen molar-refractivity contribution in [2.45, 2.75) is 45.2 Å². The van der Waals surface area contributed by atoms with E-state index in [1.807, 2.05) is 0 Å². The third-order valence-electron chi connectivity index (χ3n) is 4.18. The van der Waals surface area contributed by atoms with Gasteiger partial charge in [0.15, 0.2) is 0 Å². The fraction of sp³-hybridized carbons (Fsp3) is 0.500. The van der Waals surface area contributed by atoms with Crippen molar-refractivity contribution in [1.82, 2.24) is 10.2 Å². The van der Waals surface area contributed by atoms with Gasteiger partial charge >= 0.3 is 0 Å². The molecule has 1 atom stereocenters. The van der Waals surface area contributed by atoms with Crippen LogP contribution < -0.4 is 5.32 Å². The normalized spacial score (nSPS) is 21.0. The predicted molar refractivity (Wildman–Crippen MR) is 77.8 cm³/mol. The van der Waals surface area contributed by atoms with Crippen LogP contribution in [0.15, 0.2) is 18.2 Å². The van der Waals surface area contributed by atoms with Gasteiger partial charge in [-0.25, -0.2) is 8.78 Å². The topological polar surface area (TPSA) is 49.4 Å². The molecular weight excluding hydrogens is 290 g/mol. The predicted octanol–water partition coefficient (Wildman–Crippen LogP) is 2.37. The molecule has 1 aliphatic heterocycles. The van der Waals surface area contributed by atoms with E-state index in [1.54, 1.807) is 18.7 Å². The summed E-state index contributed by atoms with van der Waals surface area (Å²) >= 11 is 0. The molecule has 0 bridgehead atoms. The van der Waals surface area contributed by atoms with Crippen LogP contribution in [0, 0.1) is 11.6 Å². The average molecular weight is 310 g/mol. The molecule has 0 saturated carbocycles. The summed E-state index contributed by atoms with van der Waals surface area (Å²) in [5, 5.41) is 2.62. The Morgan fingerprint density at radius 1 is 1.36 bits per heavy atom. The molecule has 1 aromatic rings. The lowest BCUT2D eigenvalue weighted by Crippen LogP contribution is -2.55. The number of halogens is 2. The van der Waals surface area contributed by atoms with Gasteiger partial charge in [0.05, 0.1) is 0 Å². The summed E-state index contributed by atoms with van der Waals surface area (Å²) < 4.78 is 26.7. The highest BCUT2D eigenvalue weighted by molar-refractivity contribution is 5.91. The van der Waals surface area contributed by atoms with Gasteiger partial charge in [0.1, 0.15) is 17.2 Å². The van der Waals surface area contributed by atoms with E-state index in [1.165, 1.54) is 0 Å². The summed E-state index contributed by atoms with van der Waals surface area (Å²) in [4.78, 5) is 26.0. The van der Waals surface area contributed by atoms with Crippen molar-refractivity contribution in [2.24, 2.45) is 0 Å². The van der Waals surface area contributed by atoms with Crippen LogP contribution in [-0.2, 0) is 16.1 Å². The second-order valence-corrected chi connectivity index (χ2v) is 5.69. The summed E-state index contributed by atoms with van der Waals surface area (Å²) in [5.74, 6) is -1.54. The molecule has 4 nitrogen and oxygen atoms in total. The van der Waals surface area contributed by atoms with Crippen molar-refractivity contribution < 1.29 is 18.4 Å². The fourth-order valence-corrected chi connectivity index (χ4v) is 2.83. The summed E-state index contributed by atoms with van der Waals surface area (Å²) in [5.41, 5.74) is -0.833. The van der Waals surface area contributed by atoms with Crippen molar-refractivity contribution in [1.29, 1.82) is 0 Å². The molecule has 1 aromatic carbocycles. The molecule has 0 aromatic heterocycles. The molecule has 2 amide bonds. The first kappa shape index (κ1) is 16.4.